The molecule has 6 aliphatic heterocycles. The second kappa shape index (κ2) is 61.1. The van der Waals surface area contributed by atoms with Crippen LogP contribution in [-0.4, -0.2) is 283 Å². The van der Waals surface area contributed by atoms with Crippen molar-refractivity contribution in [1.82, 2.24) is 58.8 Å². The van der Waals surface area contributed by atoms with Crippen LogP contribution in [0.3, 0.4) is 0 Å². The van der Waals surface area contributed by atoms with Gasteiger partial charge in [-0.1, -0.05) is 227 Å². The second-order valence-corrected chi connectivity index (χ2v) is 33.4. The molecular weight excluding hydrogens is 2550 g/mol. The fourth-order valence-corrected chi connectivity index (χ4v) is 19.7. The topological polar surface area (TPSA) is 175 Å². The van der Waals surface area contributed by atoms with Gasteiger partial charge in [-0.2, -0.15) is 0 Å². The molecule has 8 amide bonds. The Labute approximate surface area is 825 Å². The van der Waals surface area contributed by atoms with Crippen LogP contribution in [0.15, 0.2) is 91.0 Å². The Balaban J connectivity index is 0.000000725. The first-order chi connectivity index (χ1) is 55.9. The third-order valence-electron chi connectivity index (χ3n) is 26.5. The molecule has 686 valence electrons. The number of nitrogens with zero attached hydrogens (tertiary/aromatic N) is 12. The number of likely N-dealkylation sites (N-methyl/N-ethyl adjacent to an activating group) is 12. The van der Waals surface area contributed by atoms with Gasteiger partial charge in [0.2, 0.25) is 47.3 Å². The number of amides is 8. The van der Waals surface area contributed by atoms with E-state index in [4.69, 9.17) is 0 Å². The van der Waals surface area contributed by atoms with E-state index in [-0.39, 0.29) is 216 Å². The van der Waals surface area contributed by atoms with Gasteiger partial charge in [-0.3, -0.25) is 48.2 Å². The number of rotatable bonds is 24. The van der Waals surface area contributed by atoms with Crippen LogP contribution < -0.4 is 0 Å². The molecule has 12 unspecified atom stereocenters. The smallest absolute Gasteiger partial charge is 0.243 e. The number of piperazine rings is 6. The average molecular weight is 2710 g/mol. The van der Waals surface area contributed by atoms with Crippen molar-refractivity contribution in [3.8, 4) is 0 Å². The zero-order valence-corrected chi connectivity index (χ0v) is 93.9. The summed E-state index contributed by atoms with van der Waals surface area (Å²) in [5, 5.41) is 0. The first kappa shape index (κ1) is 117. The molecule has 20 nitrogen and oxygen atoms in total. The van der Waals surface area contributed by atoms with E-state index < -0.39 is 18.1 Å². The molecule has 0 N–H and O–H groups in total. The quantitative estimate of drug-likeness (QED) is 0.0777. The maximum Gasteiger partial charge on any atom is 0.243 e. The molecule has 0 aromatic heterocycles. The van der Waals surface area contributed by atoms with E-state index in [1.165, 1.54) is 114 Å². The summed E-state index contributed by atoms with van der Waals surface area (Å²) in [7, 11) is 0. The van der Waals surface area contributed by atoms with Crippen molar-refractivity contribution < 1.29 is 165 Å². The summed E-state index contributed by atoms with van der Waals surface area (Å²) >= 11 is 0. The summed E-state index contributed by atoms with van der Waals surface area (Å²) in [5.74, 6) is 3.17. The maximum atomic E-state index is 12.7. The zero-order chi connectivity index (χ0) is 84.7. The van der Waals surface area contributed by atoms with E-state index in [1.54, 1.807) is 19.6 Å². The molecule has 0 radical (unpaired) electrons. The van der Waals surface area contributed by atoms with Crippen molar-refractivity contribution in [3.05, 3.63) is 149 Å². The van der Waals surface area contributed by atoms with Crippen LogP contribution >= 0.6 is 0 Å². The Morgan fingerprint density at radius 1 is 0.246 bits per heavy atom. The Morgan fingerprint density at radius 2 is 0.516 bits per heavy atom. The SMILES string of the molecule is [CH2-]C1C(=O)N(CC)C(CC2CCCCC2)C(=O)N1CC.[CH2-]C1C(=O)N(CC)C(CC2CCCCC2)CN1CC.[CH2-]C1C(=O)N(CC)C(Cc2ccccc2)C(=O)N1CC.[CH2-]C1C(=O)N(CC)C(Cc2ccccc2)CN1CC.[CH2-]C1CN(CC)C(CC2CCCCC2)C(=O)N1CC.[CH2-]C1CN(CC)C(Cc2ccccc2)C(=O)N1CC.[W].[W].[W].[W].[W].[W]. The minimum absolute atomic E-state index is 0. The van der Waals surface area contributed by atoms with Gasteiger partial charge in [-0.05, 0) is 185 Å². The fourth-order valence-electron chi connectivity index (χ4n) is 19.7. The molecule has 6 saturated heterocycles. The summed E-state index contributed by atoms with van der Waals surface area (Å²) < 4.78 is 0. The molecule has 3 saturated carbocycles. The van der Waals surface area contributed by atoms with Gasteiger partial charge in [-0.25, -0.2) is 0 Å². The second-order valence-electron chi connectivity index (χ2n) is 33.4. The van der Waals surface area contributed by atoms with E-state index >= 15 is 0 Å². The fraction of sp³-hybridized carbons (Fsp3) is 0.667. The number of hydrogen-bond acceptors (Lipinski definition) is 12. The number of carbonyl (C=O) groups is 8. The number of benzene rings is 3. The van der Waals surface area contributed by atoms with Gasteiger partial charge in [0.15, 0.2) is 0 Å². The van der Waals surface area contributed by atoms with Crippen LogP contribution in [0.5, 0.6) is 0 Å². The summed E-state index contributed by atoms with van der Waals surface area (Å²) in [6.07, 6.45) is 25.2. The zero-order valence-electron chi connectivity index (χ0n) is 76.3. The van der Waals surface area contributed by atoms with Crippen LogP contribution in [0.2, 0.25) is 0 Å². The van der Waals surface area contributed by atoms with Crippen molar-refractivity contribution in [2.75, 3.05) is 105 Å². The number of carbonyl (C=O) groups excluding carboxylic acids is 8. The van der Waals surface area contributed by atoms with Crippen molar-refractivity contribution in [2.45, 2.75) is 290 Å². The van der Waals surface area contributed by atoms with Gasteiger partial charge in [0.1, 0.15) is 12.1 Å². The summed E-state index contributed by atoms with van der Waals surface area (Å²) in [4.78, 5) is 124. The molecule has 9 aliphatic rings. The summed E-state index contributed by atoms with van der Waals surface area (Å²) in [6.45, 7) is 61.1. The molecule has 26 heteroatoms. The molecule has 0 spiro atoms. The normalized spacial score (nSPS) is 26.0. The first-order valence-corrected chi connectivity index (χ1v) is 45.4. The van der Waals surface area contributed by atoms with E-state index in [0.717, 1.165) is 122 Å². The predicted octanol–water partition coefficient (Wildman–Crippen LogP) is 13.1. The molecule has 3 aromatic rings. The monoisotopic (exact) mass is 2700 g/mol. The molecule has 9 fully saturated rings. The Kier molecular flexibility index (Phi) is 58.8. The molecule has 0 bridgehead atoms. The standard InChI is InChI=1S/C16H27N2O2.C16H21N2O2.C16H29N2O.C16H23N2O.C16H29N2O.C16H23N2O.6W/c2*1-4-17-12(3)15(19)18(5-2)14(16(17)20)11-13-9-7-6-8-10-13;2*1-4-17-12-15(11-14-9-7-6-8-10-14)18(5-2)16(19)13(17)3;2*1-4-17-12-13(3)18(5-2)16(19)15(17)11-14-9-7-6-8-10-14;;;;;;/h12-14H,3-11H2,1-2H3;6-10,12,14H,3-5,11H2,1-2H3;13-15H,3-12H2,1-2H3;6-10,13,15H,3-5,11-12H2,1-2H3;13-15H,3-12H2,1-2H3;6-10,13,15H,3-5,11-12H2,1-2H3;;;;;;/q6*-1;;;;;;. The van der Waals surface area contributed by atoms with E-state index in [2.05, 4.69) is 144 Å². The van der Waals surface area contributed by atoms with Crippen LogP contribution in [0, 0.1) is 59.3 Å². The van der Waals surface area contributed by atoms with E-state index in [0.29, 0.717) is 50.5 Å². The van der Waals surface area contributed by atoms with E-state index in [9.17, 15) is 38.4 Å². The molecule has 12 atom stereocenters. The minimum atomic E-state index is -0.598. The van der Waals surface area contributed by atoms with Crippen LogP contribution in [0.1, 0.15) is 215 Å². The van der Waals surface area contributed by atoms with Crippen molar-refractivity contribution >= 4 is 47.3 Å². The summed E-state index contributed by atoms with van der Waals surface area (Å²) in [6, 6.07) is 29.2. The molecular formula is C96H152N12O8W6-6. The van der Waals surface area contributed by atoms with Gasteiger partial charge >= 0.3 is 0 Å². The van der Waals surface area contributed by atoms with E-state index in [1.807, 2.05) is 111 Å². The molecule has 12 rings (SSSR count). The van der Waals surface area contributed by atoms with Crippen molar-refractivity contribution in [2.24, 2.45) is 17.8 Å². The van der Waals surface area contributed by atoms with Crippen LogP contribution in [0.4, 0.5) is 0 Å². The molecule has 3 aromatic carbocycles. The van der Waals surface area contributed by atoms with Crippen molar-refractivity contribution in [3.63, 3.8) is 0 Å². The first-order valence-electron chi connectivity index (χ1n) is 45.4. The molecule has 6 heterocycles. The molecule has 3 aliphatic carbocycles. The van der Waals surface area contributed by atoms with Gasteiger partial charge < -0.3 is 90.5 Å². The minimum Gasteiger partial charge on any atom is -0.367 e. The largest absolute Gasteiger partial charge is 0.367 e. The van der Waals surface area contributed by atoms with Gasteiger partial charge in [0.25, 0.3) is 0 Å². The number of hydrogen-bond donors (Lipinski definition) is 0. The van der Waals surface area contributed by atoms with Gasteiger partial charge in [0.05, 0.1) is 12.1 Å². The van der Waals surface area contributed by atoms with Crippen LogP contribution in [-0.2, 0) is 184 Å². The Hall–Kier alpha value is -2.61. The third-order valence-corrected chi connectivity index (χ3v) is 26.5. The summed E-state index contributed by atoms with van der Waals surface area (Å²) in [5.41, 5.74) is 3.57. The Morgan fingerprint density at radius 3 is 0.869 bits per heavy atom. The van der Waals surface area contributed by atoms with Crippen molar-refractivity contribution in [1.29, 1.82) is 0 Å². The maximum absolute atomic E-state index is 12.7. The van der Waals surface area contributed by atoms with Gasteiger partial charge in [0, 0.05) is 210 Å². The van der Waals surface area contributed by atoms with Gasteiger partial charge in [-0.15, -0.1) is 0 Å². The predicted molar refractivity (Wildman–Crippen MR) is 470 cm³/mol. The average Bonchev–Trinajstić information content (AvgIpc) is 0.771. The van der Waals surface area contributed by atoms with Crippen LogP contribution in [0.25, 0.3) is 0 Å². The molecule has 122 heavy (non-hydrogen) atoms. The third kappa shape index (κ3) is 32.4. The Bertz CT molecular complexity index is 3460.